The van der Waals surface area contributed by atoms with Crippen LogP contribution in [0.1, 0.15) is 0 Å². The van der Waals surface area contributed by atoms with Gasteiger partial charge in [-0.15, -0.1) is 0 Å². The number of amides is 2. The van der Waals surface area contributed by atoms with E-state index >= 15 is 0 Å². The average Bonchev–Trinajstić information content (AvgIpc) is 2.49. The minimum Gasteiger partial charge on any atom is -0.467 e. The number of nitrogens with one attached hydrogen (secondary N) is 1. The number of morpholine rings is 1. The van der Waals surface area contributed by atoms with E-state index in [2.05, 4.69) is 10.1 Å². The van der Waals surface area contributed by atoms with Crippen molar-refractivity contribution in [3.05, 3.63) is 29.8 Å². The van der Waals surface area contributed by atoms with Crippen molar-refractivity contribution < 1.29 is 27.8 Å². The molecule has 1 aromatic rings. The van der Waals surface area contributed by atoms with Crippen molar-refractivity contribution in [3.63, 3.8) is 0 Å². The molecule has 1 aliphatic rings. The maximum absolute atomic E-state index is 13.5. The molecule has 1 aliphatic heterocycles. The Labute approximate surface area is 119 Å². The zero-order chi connectivity index (χ0) is 15.4. The Kier molecular flexibility index (Phi) is 4.69. The molecule has 0 aromatic heterocycles. The van der Waals surface area contributed by atoms with E-state index in [9.17, 15) is 18.4 Å². The third-order valence-electron chi connectivity index (χ3n) is 3.04. The van der Waals surface area contributed by atoms with E-state index in [4.69, 9.17) is 4.74 Å². The Bertz CT molecular complexity index is 553. The van der Waals surface area contributed by atoms with Gasteiger partial charge >= 0.3 is 12.0 Å². The highest BCUT2D eigenvalue weighted by atomic mass is 19.1. The first-order chi connectivity index (χ1) is 10.0. The Morgan fingerprint density at radius 3 is 2.86 bits per heavy atom. The van der Waals surface area contributed by atoms with Crippen LogP contribution in [0.3, 0.4) is 0 Å². The average molecular weight is 300 g/mol. The molecule has 0 aliphatic carbocycles. The second kappa shape index (κ2) is 6.49. The molecule has 1 unspecified atom stereocenters. The predicted molar refractivity (Wildman–Crippen MR) is 68.7 cm³/mol. The summed E-state index contributed by atoms with van der Waals surface area (Å²) in [5.74, 6) is -2.26. The summed E-state index contributed by atoms with van der Waals surface area (Å²) >= 11 is 0. The number of hydrogen-bond acceptors (Lipinski definition) is 4. The minimum absolute atomic E-state index is 0.00595. The molecule has 6 nitrogen and oxygen atoms in total. The van der Waals surface area contributed by atoms with Crippen LogP contribution < -0.4 is 5.32 Å². The third-order valence-corrected chi connectivity index (χ3v) is 3.04. The van der Waals surface area contributed by atoms with Gasteiger partial charge in [-0.05, 0) is 12.1 Å². The number of nitrogens with zero attached hydrogens (tertiary/aromatic N) is 1. The topological polar surface area (TPSA) is 67.9 Å². The summed E-state index contributed by atoms with van der Waals surface area (Å²) in [5, 5.41) is 2.30. The Hall–Kier alpha value is -2.22. The van der Waals surface area contributed by atoms with Gasteiger partial charge < -0.3 is 19.7 Å². The highest BCUT2D eigenvalue weighted by Gasteiger charge is 2.34. The molecule has 0 spiro atoms. The van der Waals surface area contributed by atoms with E-state index in [1.54, 1.807) is 0 Å². The number of esters is 1. The van der Waals surface area contributed by atoms with Crippen molar-refractivity contribution in [1.29, 1.82) is 0 Å². The van der Waals surface area contributed by atoms with E-state index in [-0.39, 0.29) is 25.4 Å². The standard InChI is InChI=1S/C13H14F2N2O4/c1-20-12(18)11-7-21-5-4-17(11)13(19)16-10-3-2-8(14)6-9(10)15/h2-3,6,11H,4-5,7H2,1H3,(H,16,19). The summed E-state index contributed by atoms with van der Waals surface area (Å²) in [6.07, 6.45) is 0. The molecule has 1 fully saturated rings. The van der Waals surface area contributed by atoms with Crippen molar-refractivity contribution in [3.8, 4) is 0 Å². The van der Waals surface area contributed by atoms with Crippen molar-refractivity contribution in [2.45, 2.75) is 6.04 Å². The molecule has 21 heavy (non-hydrogen) atoms. The van der Waals surface area contributed by atoms with E-state index in [1.807, 2.05) is 0 Å². The third kappa shape index (κ3) is 3.46. The molecule has 1 saturated heterocycles. The van der Waals surface area contributed by atoms with Gasteiger partial charge in [0.05, 0.1) is 26.0 Å². The second-order valence-electron chi connectivity index (χ2n) is 4.36. The van der Waals surface area contributed by atoms with Gasteiger partial charge in [-0.2, -0.15) is 0 Å². The molecule has 1 aromatic carbocycles. The van der Waals surface area contributed by atoms with Crippen LogP contribution in [-0.4, -0.2) is 49.8 Å². The van der Waals surface area contributed by atoms with Gasteiger partial charge in [0.2, 0.25) is 0 Å². The van der Waals surface area contributed by atoms with Crippen molar-refractivity contribution in [2.75, 3.05) is 32.2 Å². The Morgan fingerprint density at radius 2 is 2.19 bits per heavy atom. The number of urea groups is 1. The molecule has 0 radical (unpaired) electrons. The number of benzene rings is 1. The summed E-state index contributed by atoms with van der Waals surface area (Å²) in [7, 11) is 1.20. The fourth-order valence-electron chi connectivity index (χ4n) is 1.96. The summed E-state index contributed by atoms with van der Waals surface area (Å²) < 4.78 is 36.0. The fraction of sp³-hybridized carbons (Fsp3) is 0.385. The van der Waals surface area contributed by atoms with Crippen LogP contribution in [0.15, 0.2) is 18.2 Å². The van der Waals surface area contributed by atoms with Gasteiger partial charge in [0.25, 0.3) is 0 Å². The molecule has 2 rings (SSSR count). The summed E-state index contributed by atoms with van der Waals surface area (Å²) in [4.78, 5) is 24.9. The lowest BCUT2D eigenvalue weighted by atomic mass is 10.2. The number of anilines is 1. The molecular formula is C13H14F2N2O4. The first kappa shape index (κ1) is 15.2. The van der Waals surface area contributed by atoms with Crippen molar-refractivity contribution in [1.82, 2.24) is 4.90 Å². The monoisotopic (exact) mass is 300 g/mol. The SMILES string of the molecule is COC(=O)C1COCCN1C(=O)Nc1ccc(F)cc1F. The summed E-state index contributed by atoms with van der Waals surface area (Å²) in [6, 6.07) is 1.21. The van der Waals surface area contributed by atoms with Gasteiger partial charge in [-0.1, -0.05) is 0 Å². The molecule has 1 N–H and O–H groups in total. The Morgan fingerprint density at radius 1 is 1.43 bits per heavy atom. The highest BCUT2D eigenvalue weighted by molar-refractivity contribution is 5.92. The fourth-order valence-corrected chi connectivity index (χ4v) is 1.96. The number of ether oxygens (including phenoxy) is 2. The van der Waals surface area contributed by atoms with Crippen LogP contribution in [-0.2, 0) is 14.3 Å². The first-order valence-electron chi connectivity index (χ1n) is 6.21. The van der Waals surface area contributed by atoms with Crippen LogP contribution in [0.25, 0.3) is 0 Å². The van der Waals surface area contributed by atoms with Gasteiger partial charge in [0, 0.05) is 12.6 Å². The number of rotatable bonds is 2. The molecule has 2 amide bonds. The number of hydrogen-bond donors (Lipinski definition) is 1. The Balaban J connectivity index is 2.12. The smallest absolute Gasteiger partial charge is 0.331 e. The molecule has 114 valence electrons. The predicted octanol–water partition coefficient (Wildman–Crippen LogP) is 1.37. The normalized spacial score (nSPS) is 18.2. The van der Waals surface area contributed by atoms with Crippen LogP contribution in [0, 0.1) is 11.6 Å². The van der Waals surface area contributed by atoms with Crippen LogP contribution in [0.4, 0.5) is 19.3 Å². The number of carbonyl (C=O) groups excluding carboxylic acids is 2. The van der Waals surface area contributed by atoms with E-state index in [0.717, 1.165) is 12.1 Å². The maximum atomic E-state index is 13.5. The highest BCUT2D eigenvalue weighted by Crippen LogP contribution is 2.17. The largest absolute Gasteiger partial charge is 0.467 e. The van der Waals surface area contributed by atoms with E-state index in [1.165, 1.54) is 12.0 Å². The van der Waals surface area contributed by atoms with E-state index < -0.39 is 29.7 Å². The zero-order valence-electron chi connectivity index (χ0n) is 11.3. The number of methoxy groups -OCH3 is 1. The molecule has 8 heteroatoms. The van der Waals surface area contributed by atoms with Gasteiger partial charge in [0.1, 0.15) is 11.6 Å². The lowest BCUT2D eigenvalue weighted by Gasteiger charge is -2.33. The van der Waals surface area contributed by atoms with Crippen LogP contribution in [0.5, 0.6) is 0 Å². The van der Waals surface area contributed by atoms with Gasteiger partial charge in [-0.3, -0.25) is 0 Å². The zero-order valence-corrected chi connectivity index (χ0v) is 11.3. The molecular weight excluding hydrogens is 286 g/mol. The maximum Gasteiger partial charge on any atom is 0.331 e. The number of carbonyl (C=O) groups is 2. The molecule has 0 saturated carbocycles. The number of halogens is 2. The molecule has 1 atom stereocenters. The van der Waals surface area contributed by atoms with Gasteiger partial charge in [0.15, 0.2) is 6.04 Å². The molecule has 1 heterocycles. The van der Waals surface area contributed by atoms with Crippen LogP contribution in [0.2, 0.25) is 0 Å². The van der Waals surface area contributed by atoms with Crippen molar-refractivity contribution in [2.24, 2.45) is 0 Å². The minimum atomic E-state index is -0.897. The molecule has 0 bridgehead atoms. The quantitative estimate of drug-likeness (QED) is 0.838. The van der Waals surface area contributed by atoms with Gasteiger partial charge in [-0.25, -0.2) is 18.4 Å². The summed E-state index contributed by atoms with van der Waals surface area (Å²) in [5.41, 5.74) is -0.170. The first-order valence-corrected chi connectivity index (χ1v) is 6.21. The lowest BCUT2D eigenvalue weighted by molar-refractivity contribution is -0.150. The van der Waals surface area contributed by atoms with Crippen LogP contribution >= 0.6 is 0 Å². The summed E-state index contributed by atoms with van der Waals surface area (Å²) in [6.45, 7) is 0.424. The van der Waals surface area contributed by atoms with E-state index in [0.29, 0.717) is 6.07 Å². The second-order valence-corrected chi connectivity index (χ2v) is 4.36. The lowest BCUT2D eigenvalue weighted by Crippen LogP contribution is -2.54. The van der Waals surface area contributed by atoms with Crippen molar-refractivity contribution >= 4 is 17.7 Å².